The van der Waals surface area contributed by atoms with Crippen molar-refractivity contribution in [1.82, 2.24) is 15.1 Å². The van der Waals surface area contributed by atoms with E-state index in [0.717, 1.165) is 38.8 Å². The second kappa shape index (κ2) is 7.02. The molecule has 112 valence electrons. The van der Waals surface area contributed by atoms with Gasteiger partial charge in [0.25, 0.3) is 0 Å². The van der Waals surface area contributed by atoms with Gasteiger partial charge in [-0.25, -0.2) is 0 Å². The van der Waals surface area contributed by atoms with E-state index in [2.05, 4.69) is 36.0 Å². The zero-order valence-corrected chi connectivity index (χ0v) is 13.0. The van der Waals surface area contributed by atoms with Gasteiger partial charge in [0.15, 0.2) is 0 Å². The van der Waals surface area contributed by atoms with Crippen LogP contribution in [0.15, 0.2) is 0 Å². The number of likely N-dealkylation sites (tertiary alicyclic amines) is 1. The van der Waals surface area contributed by atoms with Gasteiger partial charge in [0, 0.05) is 31.7 Å². The van der Waals surface area contributed by atoms with Crippen LogP contribution in [0, 0.1) is 5.92 Å². The van der Waals surface area contributed by atoms with Crippen LogP contribution in [0.25, 0.3) is 0 Å². The first-order valence-electron chi connectivity index (χ1n) is 7.84. The van der Waals surface area contributed by atoms with Crippen LogP contribution in [0.3, 0.4) is 0 Å². The number of hydrogen-bond donors (Lipinski definition) is 1. The third kappa shape index (κ3) is 3.91. The molecule has 2 rings (SSSR count). The van der Waals surface area contributed by atoms with E-state index in [4.69, 9.17) is 4.74 Å². The maximum atomic E-state index is 5.42. The molecule has 0 amide bonds. The van der Waals surface area contributed by atoms with E-state index in [9.17, 15) is 0 Å². The zero-order chi connectivity index (χ0) is 13.7. The molecule has 2 aliphatic rings. The Morgan fingerprint density at radius 1 is 1.16 bits per heavy atom. The summed E-state index contributed by atoms with van der Waals surface area (Å²) >= 11 is 0. The molecular formula is C15H31N3O. The largest absolute Gasteiger partial charge is 0.379 e. The van der Waals surface area contributed by atoms with Crippen LogP contribution in [0.1, 0.15) is 26.7 Å². The van der Waals surface area contributed by atoms with Gasteiger partial charge in [-0.05, 0) is 52.7 Å². The lowest BCUT2D eigenvalue weighted by molar-refractivity contribution is -0.00203. The highest BCUT2D eigenvalue weighted by molar-refractivity contribution is 4.93. The number of nitrogens with zero attached hydrogens (tertiary/aromatic N) is 2. The minimum absolute atomic E-state index is 0.327. The van der Waals surface area contributed by atoms with Crippen molar-refractivity contribution in [2.45, 2.75) is 32.2 Å². The molecule has 0 saturated carbocycles. The standard InChI is InChI=1S/C15H31N3O/c1-15(2)14(13-16-3)5-4-6-18(15)8-7-17-9-11-19-12-10-17/h14,16H,4-13H2,1-3H3. The van der Waals surface area contributed by atoms with E-state index in [-0.39, 0.29) is 0 Å². The topological polar surface area (TPSA) is 27.7 Å². The Hall–Kier alpha value is -0.160. The first-order chi connectivity index (χ1) is 9.14. The molecule has 2 saturated heterocycles. The summed E-state index contributed by atoms with van der Waals surface area (Å²) in [4.78, 5) is 5.25. The van der Waals surface area contributed by atoms with E-state index < -0.39 is 0 Å². The van der Waals surface area contributed by atoms with Gasteiger partial charge in [0.05, 0.1) is 13.2 Å². The summed E-state index contributed by atoms with van der Waals surface area (Å²) < 4.78 is 5.42. The van der Waals surface area contributed by atoms with Gasteiger partial charge in [0.2, 0.25) is 0 Å². The number of piperidine rings is 1. The average molecular weight is 269 g/mol. The fourth-order valence-electron chi connectivity index (χ4n) is 3.51. The summed E-state index contributed by atoms with van der Waals surface area (Å²) in [6.45, 7) is 13.7. The van der Waals surface area contributed by atoms with Gasteiger partial charge in [-0.2, -0.15) is 0 Å². The maximum Gasteiger partial charge on any atom is 0.0594 e. The second-order valence-corrected chi connectivity index (χ2v) is 6.49. The molecule has 1 atom stereocenters. The molecule has 2 heterocycles. The summed E-state index contributed by atoms with van der Waals surface area (Å²) in [7, 11) is 2.07. The van der Waals surface area contributed by atoms with Crippen LogP contribution in [0.4, 0.5) is 0 Å². The predicted molar refractivity (Wildman–Crippen MR) is 79.6 cm³/mol. The van der Waals surface area contributed by atoms with E-state index in [0.29, 0.717) is 5.54 Å². The monoisotopic (exact) mass is 269 g/mol. The van der Waals surface area contributed by atoms with Crippen molar-refractivity contribution in [2.75, 3.05) is 59.5 Å². The van der Waals surface area contributed by atoms with E-state index in [1.54, 1.807) is 0 Å². The molecule has 4 nitrogen and oxygen atoms in total. The summed E-state index contributed by atoms with van der Waals surface area (Å²) in [5.74, 6) is 0.774. The molecule has 0 bridgehead atoms. The predicted octanol–water partition coefficient (Wildman–Crippen LogP) is 1.03. The number of rotatable bonds is 5. The molecule has 1 unspecified atom stereocenters. The van der Waals surface area contributed by atoms with Crippen LogP contribution in [-0.2, 0) is 4.74 Å². The quantitative estimate of drug-likeness (QED) is 0.807. The molecule has 2 aliphatic heterocycles. The Kier molecular flexibility index (Phi) is 5.63. The summed E-state index contributed by atoms with van der Waals surface area (Å²) in [6.07, 6.45) is 2.71. The average Bonchev–Trinajstić information content (AvgIpc) is 2.41. The number of nitrogens with one attached hydrogen (secondary N) is 1. The molecule has 0 aromatic rings. The van der Waals surface area contributed by atoms with Gasteiger partial charge >= 0.3 is 0 Å². The molecule has 0 aromatic carbocycles. The SMILES string of the molecule is CNCC1CCCN(CCN2CCOCC2)C1(C)C. The third-order valence-corrected chi connectivity index (χ3v) is 5.04. The van der Waals surface area contributed by atoms with Crippen LogP contribution in [0.2, 0.25) is 0 Å². The van der Waals surface area contributed by atoms with Crippen LogP contribution in [-0.4, -0.2) is 74.9 Å². The van der Waals surface area contributed by atoms with Gasteiger partial charge < -0.3 is 10.1 Å². The highest BCUT2D eigenvalue weighted by Crippen LogP contribution is 2.32. The maximum absolute atomic E-state index is 5.42. The normalized spacial score (nSPS) is 29.5. The molecule has 0 aliphatic carbocycles. The van der Waals surface area contributed by atoms with Gasteiger partial charge in [-0.3, -0.25) is 9.80 Å². The highest BCUT2D eigenvalue weighted by atomic mass is 16.5. The van der Waals surface area contributed by atoms with Gasteiger partial charge in [-0.15, -0.1) is 0 Å². The molecule has 1 N–H and O–H groups in total. The van der Waals surface area contributed by atoms with Crippen molar-refractivity contribution in [1.29, 1.82) is 0 Å². The highest BCUT2D eigenvalue weighted by Gasteiger charge is 2.37. The van der Waals surface area contributed by atoms with Gasteiger partial charge in [0.1, 0.15) is 0 Å². The molecule has 19 heavy (non-hydrogen) atoms. The van der Waals surface area contributed by atoms with Crippen molar-refractivity contribution in [3.63, 3.8) is 0 Å². The summed E-state index contributed by atoms with van der Waals surface area (Å²) in [5, 5.41) is 3.37. The summed E-state index contributed by atoms with van der Waals surface area (Å²) in [6, 6.07) is 0. The molecule has 0 spiro atoms. The number of morpholine rings is 1. The molecule has 2 fully saturated rings. The van der Waals surface area contributed by atoms with Crippen LogP contribution < -0.4 is 5.32 Å². The Labute approximate surface area is 118 Å². The Morgan fingerprint density at radius 3 is 2.58 bits per heavy atom. The smallest absolute Gasteiger partial charge is 0.0594 e. The molecule has 4 heteroatoms. The first-order valence-corrected chi connectivity index (χ1v) is 7.84. The third-order valence-electron chi connectivity index (χ3n) is 5.04. The second-order valence-electron chi connectivity index (χ2n) is 6.49. The molecule has 0 aromatic heterocycles. The van der Waals surface area contributed by atoms with Crippen molar-refractivity contribution in [2.24, 2.45) is 5.92 Å². The lowest BCUT2D eigenvalue weighted by atomic mass is 9.79. The fraction of sp³-hybridized carbons (Fsp3) is 1.00. The Bertz CT molecular complexity index is 262. The Morgan fingerprint density at radius 2 is 1.89 bits per heavy atom. The minimum Gasteiger partial charge on any atom is -0.379 e. The lowest BCUT2D eigenvalue weighted by Gasteiger charge is -2.49. The van der Waals surface area contributed by atoms with Crippen LogP contribution in [0.5, 0.6) is 0 Å². The van der Waals surface area contributed by atoms with E-state index >= 15 is 0 Å². The zero-order valence-electron chi connectivity index (χ0n) is 13.0. The first kappa shape index (κ1) is 15.2. The Balaban J connectivity index is 1.83. The van der Waals surface area contributed by atoms with Crippen molar-refractivity contribution in [3.05, 3.63) is 0 Å². The van der Waals surface area contributed by atoms with Crippen LogP contribution >= 0.6 is 0 Å². The van der Waals surface area contributed by atoms with E-state index in [1.165, 1.54) is 32.5 Å². The van der Waals surface area contributed by atoms with Crippen molar-refractivity contribution >= 4 is 0 Å². The molecule has 0 radical (unpaired) electrons. The van der Waals surface area contributed by atoms with E-state index in [1.807, 2.05) is 0 Å². The number of hydrogen-bond acceptors (Lipinski definition) is 4. The summed E-state index contributed by atoms with van der Waals surface area (Å²) in [5.41, 5.74) is 0.327. The fourth-order valence-corrected chi connectivity index (χ4v) is 3.51. The minimum atomic E-state index is 0.327. The van der Waals surface area contributed by atoms with Gasteiger partial charge in [-0.1, -0.05) is 0 Å². The van der Waals surface area contributed by atoms with Crippen molar-refractivity contribution in [3.8, 4) is 0 Å². The lowest BCUT2D eigenvalue weighted by Crippen LogP contribution is -2.57. The van der Waals surface area contributed by atoms with Crippen molar-refractivity contribution < 1.29 is 4.74 Å². The number of ether oxygens (including phenoxy) is 1. The molecular weight excluding hydrogens is 238 g/mol.